The van der Waals surface area contributed by atoms with Crippen molar-refractivity contribution >= 4 is 5.91 Å². The third-order valence-corrected chi connectivity index (χ3v) is 17.8. The summed E-state index contributed by atoms with van der Waals surface area (Å²) in [5.41, 5.74) is 0. The van der Waals surface area contributed by atoms with Gasteiger partial charge in [-0.3, -0.25) is 4.79 Å². The van der Waals surface area contributed by atoms with Gasteiger partial charge < -0.3 is 65.1 Å². The summed E-state index contributed by atoms with van der Waals surface area (Å²) >= 11 is 0. The third-order valence-electron chi connectivity index (χ3n) is 17.8. The van der Waals surface area contributed by atoms with E-state index in [9.17, 15) is 45.6 Å². The van der Waals surface area contributed by atoms with Gasteiger partial charge >= 0.3 is 0 Å². The molecule has 2 fully saturated rings. The van der Waals surface area contributed by atoms with Gasteiger partial charge in [-0.2, -0.15) is 0 Å². The SMILES string of the molecule is CCCCCCCCCCCCCCCCCCCCCCCCCCCCCCCCCC(=O)N[C@@H](CO[C@@H]1O[C@H](CO)[C@@H](O[C@@H]2O[C@H](CO)[C@H](O)C(O)C2O)C(O)C1O)[C@H](O)CCCCCCCCCCCCCCCCCCC. The molecule has 1 amide bonds. The fourth-order valence-electron chi connectivity index (χ4n) is 12.2. The summed E-state index contributed by atoms with van der Waals surface area (Å²) in [5.74, 6) is -0.197. The predicted octanol–water partition coefficient (Wildman–Crippen LogP) is 14.0. The molecule has 488 valence electrons. The zero-order valence-electron chi connectivity index (χ0n) is 53.0. The summed E-state index contributed by atoms with van der Waals surface area (Å²) in [7, 11) is 0. The van der Waals surface area contributed by atoms with Crippen LogP contribution in [0.15, 0.2) is 0 Å². The van der Waals surface area contributed by atoms with E-state index in [0.717, 1.165) is 51.4 Å². The van der Waals surface area contributed by atoms with Crippen molar-refractivity contribution in [2.75, 3.05) is 19.8 Å². The van der Waals surface area contributed by atoms with Gasteiger partial charge in [0.1, 0.15) is 48.8 Å². The van der Waals surface area contributed by atoms with Gasteiger partial charge in [0.2, 0.25) is 5.91 Å². The number of aliphatic hydroxyl groups excluding tert-OH is 8. The molecule has 2 aliphatic rings. The van der Waals surface area contributed by atoms with E-state index in [1.54, 1.807) is 0 Å². The topological polar surface area (TPSA) is 228 Å². The minimum atomic E-state index is -1.78. The standard InChI is InChI=1S/C68H133NO13/c1-3-5-7-9-11-13-15-17-19-21-22-23-24-25-26-27-28-29-30-31-32-33-34-36-38-40-42-44-46-48-50-52-60(73)69-56(57(72)51-49-47-45-43-41-39-37-35-20-18-16-14-12-10-8-6-4-2)55-79-67-65(78)63(76)66(59(54-71)81-67)82-68-64(77)62(75)61(74)58(53-70)80-68/h56-59,61-68,70-72,74-78H,3-55H2,1-2H3,(H,69,73)/t56-,57+,58+,59+,61-,62?,63?,64?,65?,66+,67+,68-/m0/s1. The predicted molar refractivity (Wildman–Crippen MR) is 332 cm³/mol. The van der Waals surface area contributed by atoms with E-state index in [1.807, 2.05) is 0 Å². The molecule has 0 bridgehead atoms. The highest BCUT2D eigenvalue weighted by Crippen LogP contribution is 2.30. The number of nitrogens with one attached hydrogen (secondary N) is 1. The Bertz CT molecular complexity index is 1380. The first kappa shape index (κ1) is 77.1. The van der Waals surface area contributed by atoms with Gasteiger partial charge in [-0.25, -0.2) is 0 Å². The van der Waals surface area contributed by atoms with Crippen LogP contribution in [0.5, 0.6) is 0 Å². The molecular formula is C68H133NO13. The van der Waals surface area contributed by atoms with Gasteiger partial charge in [0.25, 0.3) is 0 Å². The highest BCUT2D eigenvalue weighted by Gasteiger charge is 2.51. The van der Waals surface area contributed by atoms with Gasteiger partial charge in [-0.15, -0.1) is 0 Å². The second-order valence-corrected chi connectivity index (χ2v) is 25.4. The summed E-state index contributed by atoms with van der Waals surface area (Å²) in [6.45, 7) is 2.92. The minimum Gasteiger partial charge on any atom is -0.394 e. The summed E-state index contributed by atoms with van der Waals surface area (Å²) in [4.78, 5) is 13.3. The Kier molecular flexibility index (Phi) is 50.9. The lowest BCUT2D eigenvalue weighted by atomic mass is 9.97. The lowest BCUT2D eigenvalue weighted by molar-refractivity contribution is -0.359. The van der Waals surface area contributed by atoms with E-state index in [0.29, 0.717) is 12.8 Å². The third kappa shape index (κ3) is 38.3. The smallest absolute Gasteiger partial charge is 0.220 e. The largest absolute Gasteiger partial charge is 0.394 e. The van der Waals surface area contributed by atoms with E-state index in [2.05, 4.69) is 19.2 Å². The van der Waals surface area contributed by atoms with Crippen molar-refractivity contribution in [3.63, 3.8) is 0 Å². The molecule has 9 N–H and O–H groups in total. The summed E-state index contributed by atoms with van der Waals surface area (Å²) in [6, 6.07) is -0.824. The maximum absolute atomic E-state index is 13.3. The van der Waals surface area contributed by atoms with Gasteiger partial charge in [-0.1, -0.05) is 316 Å². The molecule has 0 aliphatic carbocycles. The Labute approximate surface area is 502 Å². The normalized spacial score (nSPS) is 23.8. The van der Waals surface area contributed by atoms with Crippen LogP contribution in [0, 0.1) is 0 Å². The molecule has 0 spiro atoms. The van der Waals surface area contributed by atoms with Crippen LogP contribution in [0.3, 0.4) is 0 Å². The van der Waals surface area contributed by atoms with Crippen LogP contribution in [0.25, 0.3) is 0 Å². The number of amides is 1. The van der Waals surface area contributed by atoms with E-state index in [-0.39, 0.29) is 12.5 Å². The van der Waals surface area contributed by atoms with Crippen LogP contribution in [-0.2, 0) is 23.7 Å². The molecule has 0 aromatic carbocycles. The molecule has 0 aromatic heterocycles. The van der Waals surface area contributed by atoms with Crippen LogP contribution < -0.4 is 5.32 Å². The molecular weight excluding hydrogens is 1040 g/mol. The second kappa shape index (κ2) is 54.2. The van der Waals surface area contributed by atoms with Crippen LogP contribution >= 0.6 is 0 Å². The first-order valence-corrected chi connectivity index (χ1v) is 35.3. The fourth-order valence-corrected chi connectivity index (χ4v) is 12.2. The molecule has 4 unspecified atom stereocenters. The minimum absolute atomic E-state index is 0.197. The lowest BCUT2D eigenvalue weighted by Crippen LogP contribution is -2.65. The molecule has 2 rings (SSSR count). The summed E-state index contributed by atoms with van der Waals surface area (Å²) in [6.07, 6.45) is 47.0. The number of hydrogen-bond acceptors (Lipinski definition) is 13. The summed E-state index contributed by atoms with van der Waals surface area (Å²) < 4.78 is 22.9. The van der Waals surface area contributed by atoms with E-state index in [1.165, 1.54) is 257 Å². The van der Waals surface area contributed by atoms with Crippen molar-refractivity contribution in [3.05, 3.63) is 0 Å². The Morgan fingerprint density at radius 2 is 0.695 bits per heavy atom. The van der Waals surface area contributed by atoms with E-state index >= 15 is 0 Å². The van der Waals surface area contributed by atoms with Crippen LogP contribution in [0.1, 0.15) is 335 Å². The number of carbonyl (C=O) groups is 1. The van der Waals surface area contributed by atoms with E-state index < -0.39 is 86.8 Å². The van der Waals surface area contributed by atoms with Crippen LogP contribution in [0.2, 0.25) is 0 Å². The van der Waals surface area contributed by atoms with Crippen molar-refractivity contribution in [3.8, 4) is 0 Å². The Balaban J connectivity index is 1.62. The van der Waals surface area contributed by atoms with Gasteiger partial charge in [-0.05, 0) is 12.8 Å². The molecule has 2 saturated heterocycles. The molecule has 2 heterocycles. The highest BCUT2D eigenvalue weighted by atomic mass is 16.7. The number of unbranched alkanes of at least 4 members (excludes halogenated alkanes) is 46. The molecule has 14 heteroatoms. The maximum atomic E-state index is 13.3. The van der Waals surface area contributed by atoms with Crippen molar-refractivity contribution in [2.45, 2.75) is 408 Å². The van der Waals surface area contributed by atoms with Crippen LogP contribution in [-0.4, -0.2) is 140 Å². The Morgan fingerprint density at radius 3 is 1.04 bits per heavy atom. The number of rotatable bonds is 59. The van der Waals surface area contributed by atoms with Crippen molar-refractivity contribution < 1.29 is 64.6 Å². The first-order chi connectivity index (χ1) is 40.1. The lowest BCUT2D eigenvalue weighted by Gasteiger charge is -2.46. The quantitative estimate of drug-likeness (QED) is 0.0259. The van der Waals surface area contributed by atoms with Gasteiger partial charge in [0, 0.05) is 6.42 Å². The number of ether oxygens (including phenoxy) is 4. The zero-order valence-corrected chi connectivity index (χ0v) is 53.0. The maximum Gasteiger partial charge on any atom is 0.220 e. The number of carbonyl (C=O) groups excluding carboxylic acids is 1. The number of hydrogen-bond donors (Lipinski definition) is 9. The molecule has 2 aliphatic heterocycles. The average molecular weight is 1170 g/mol. The second-order valence-electron chi connectivity index (χ2n) is 25.4. The fraction of sp³-hybridized carbons (Fsp3) is 0.985. The van der Waals surface area contributed by atoms with Crippen molar-refractivity contribution in [1.82, 2.24) is 5.32 Å². The van der Waals surface area contributed by atoms with Crippen molar-refractivity contribution in [2.24, 2.45) is 0 Å². The monoisotopic (exact) mass is 1170 g/mol. The Hall–Kier alpha value is -1.01. The van der Waals surface area contributed by atoms with Crippen molar-refractivity contribution in [1.29, 1.82) is 0 Å². The van der Waals surface area contributed by atoms with Gasteiger partial charge in [0.15, 0.2) is 12.6 Å². The summed E-state index contributed by atoms with van der Waals surface area (Å²) in [5, 5.41) is 87.5. The molecule has 14 nitrogen and oxygen atoms in total. The highest BCUT2D eigenvalue weighted by molar-refractivity contribution is 5.76. The van der Waals surface area contributed by atoms with E-state index in [4.69, 9.17) is 18.9 Å². The molecule has 0 aromatic rings. The van der Waals surface area contributed by atoms with Crippen LogP contribution in [0.4, 0.5) is 0 Å². The zero-order chi connectivity index (χ0) is 59.5. The number of aliphatic hydroxyl groups is 8. The Morgan fingerprint density at radius 1 is 0.390 bits per heavy atom. The van der Waals surface area contributed by atoms with Gasteiger partial charge in [0.05, 0.1) is 32.0 Å². The molecule has 0 radical (unpaired) electrons. The average Bonchev–Trinajstić information content (AvgIpc) is 3.52. The molecule has 0 saturated carbocycles. The molecule has 12 atom stereocenters. The molecule has 82 heavy (non-hydrogen) atoms. The first-order valence-electron chi connectivity index (χ1n) is 35.3.